The predicted octanol–water partition coefficient (Wildman–Crippen LogP) is -4.79. The van der Waals surface area contributed by atoms with E-state index in [9.17, 15) is 66.6 Å². The molecule has 1 fully saturated rings. The standard InChI is InChI=1S/C54H88N18O14S/c1-30(2)27-38(70-87(85,86)41-20-9-13-32-33(41)14-8-18-39(32)71(4)5)52(84)72-26-12-19-40(72)50(82)68-35(15-6-7-23-55)49(81)69-45(31(3)73)51(83)64-28-42(74)63-29-43(75)65-37(21-22-44(76)77)48(80)67-36(17-11-25-62-54(59)60)47(79)66-34(46(56)78)16-10-24-61-53(57)58/h8-9,13-14,18,20,30-31,34-38,40,45,70,73H,6-7,10-12,15-17,19,21-29,55H2,1-5H3,(H2,56,78)(H,63,74)(H,64,83)(H,65,75)(H,66,79)(H,67,80)(H,68,82)(H,69,81)(H,76,77)(H4,57,58,61)(H4,59,60,62)/t31-,34+,35+,36+,37+,38+,40+,45+/m1/s1. The smallest absolute Gasteiger partial charge is 0.303 e. The lowest BCUT2D eigenvalue weighted by Crippen LogP contribution is -2.60. The van der Waals surface area contributed by atoms with E-state index in [0.717, 1.165) is 5.69 Å². The van der Waals surface area contributed by atoms with Crippen molar-refractivity contribution in [3.05, 3.63) is 36.4 Å². The molecule has 87 heavy (non-hydrogen) atoms. The Morgan fingerprint density at radius 2 is 1.22 bits per heavy atom. The van der Waals surface area contributed by atoms with E-state index in [1.54, 1.807) is 24.3 Å². The van der Waals surface area contributed by atoms with Crippen LogP contribution in [0.15, 0.2) is 51.3 Å². The quantitative estimate of drug-likeness (QED) is 0.0170. The lowest BCUT2D eigenvalue weighted by Gasteiger charge is -2.31. The van der Waals surface area contributed by atoms with E-state index < -0.39 is 143 Å². The topological polar surface area (TPSA) is 529 Å². The highest BCUT2D eigenvalue weighted by molar-refractivity contribution is 7.89. The third-order valence-corrected chi connectivity index (χ3v) is 15.3. The average molecular weight is 1250 g/mol. The number of fused-ring (bicyclic) bond motifs is 1. The molecule has 1 saturated heterocycles. The summed E-state index contributed by atoms with van der Waals surface area (Å²) in [7, 11) is -0.661. The van der Waals surface area contributed by atoms with Gasteiger partial charge in [-0.05, 0) is 102 Å². The molecule has 0 aromatic heterocycles. The highest BCUT2D eigenvalue weighted by atomic mass is 32.2. The van der Waals surface area contributed by atoms with Crippen LogP contribution < -0.4 is 81.2 Å². The minimum absolute atomic E-state index is 0.000857. The third kappa shape index (κ3) is 24.5. The molecule has 1 aliphatic rings. The molecule has 33 heteroatoms. The molecule has 9 amide bonds. The van der Waals surface area contributed by atoms with Crippen molar-refractivity contribution in [2.45, 2.75) is 151 Å². The zero-order chi connectivity index (χ0) is 65.1. The van der Waals surface area contributed by atoms with E-state index in [-0.39, 0.29) is 93.9 Å². The van der Waals surface area contributed by atoms with Gasteiger partial charge in [0.2, 0.25) is 63.2 Å². The maximum atomic E-state index is 14.4. The number of anilines is 1. The van der Waals surface area contributed by atoms with Crippen molar-refractivity contribution in [3.63, 3.8) is 0 Å². The van der Waals surface area contributed by atoms with Crippen molar-refractivity contribution < 1.29 is 66.6 Å². The van der Waals surface area contributed by atoms with Crippen molar-refractivity contribution in [1.82, 2.24) is 46.8 Å². The first kappa shape index (κ1) is 72.8. The number of aliphatic hydroxyl groups excluding tert-OH is 1. The first-order valence-corrected chi connectivity index (χ1v) is 30.0. The lowest BCUT2D eigenvalue weighted by molar-refractivity contribution is -0.141. The maximum Gasteiger partial charge on any atom is 0.303 e. The highest BCUT2D eigenvalue weighted by Crippen LogP contribution is 2.31. The van der Waals surface area contributed by atoms with Crippen LogP contribution in [0.3, 0.4) is 0 Å². The zero-order valence-corrected chi connectivity index (χ0v) is 50.7. The van der Waals surface area contributed by atoms with E-state index in [1.165, 1.54) is 17.9 Å². The van der Waals surface area contributed by atoms with Crippen LogP contribution in [0.1, 0.15) is 97.8 Å². The Morgan fingerprint density at radius 1 is 0.667 bits per heavy atom. The number of aliphatic carboxylic acids is 1. The van der Waals surface area contributed by atoms with Crippen LogP contribution in [-0.2, 0) is 58.0 Å². The number of aliphatic imine (C=N–C) groups is 2. The fourth-order valence-corrected chi connectivity index (χ4v) is 10.8. The van der Waals surface area contributed by atoms with E-state index >= 15 is 0 Å². The molecule has 1 heterocycles. The number of rotatable bonds is 38. The first-order chi connectivity index (χ1) is 41.0. The van der Waals surface area contributed by atoms with E-state index in [0.29, 0.717) is 30.0 Å². The lowest BCUT2D eigenvalue weighted by atomic mass is 10.0. The monoisotopic (exact) mass is 1240 g/mol. The summed E-state index contributed by atoms with van der Waals surface area (Å²) < 4.78 is 31.0. The molecule has 0 spiro atoms. The van der Waals surface area contributed by atoms with Crippen molar-refractivity contribution in [2.75, 3.05) is 58.3 Å². The van der Waals surface area contributed by atoms with Crippen molar-refractivity contribution in [1.29, 1.82) is 0 Å². The summed E-state index contributed by atoms with van der Waals surface area (Å²) in [6.45, 7) is 3.63. The molecular weight excluding hydrogens is 1160 g/mol. The Balaban J connectivity index is 1.70. The SMILES string of the molecule is CC(C)C[C@H](NS(=O)(=O)c1cccc2c(N(C)C)cccc12)C(=O)N1CCC[C@H]1C(=O)N[C@@H](CCCCN)C(=O)N[C@H](C(=O)NCC(=O)NCC(=O)N[C@@H](CCC(=O)O)C(=O)N[C@@H](CCCN=C(N)N)C(=O)N[C@@H](CCCN=C(N)N)C(N)=O)[C@@H](C)O. The van der Waals surface area contributed by atoms with E-state index in [1.807, 2.05) is 38.9 Å². The molecule has 0 radical (unpaired) electrons. The van der Waals surface area contributed by atoms with Crippen LogP contribution >= 0.6 is 0 Å². The Morgan fingerprint density at radius 3 is 1.79 bits per heavy atom. The molecule has 8 atom stereocenters. The molecule has 22 N–H and O–H groups in total. The molecular formula is C54H88N18O14S. The Hall–Kier alpha value is -8.43. The van der Waals surface area contributed by atoms with Gasteiger partial charge < -0.3 is 91.6 Å². The van der Waals surface area contributed by atoms with Gasteiger partial charge in [-0.25, -0.2) is 8.42 Å². The maximum absolute atomic E-state index is 14.4. The number of guanidine groups is 2. The minimum Gasteiger partial charge on any atom is -0.481 e. The van der Waals surface area contributed by atoms with Gasteiger partial charge in [-0.15, -0.1) is 0 Å². The van der Waals surface area contributed by atoms with Gasteiger partial charge in [0.25, 0.3) is 0 Å². The number of carbonyl (C=O) groups is 10. The van der Waals surface area contributed by atoms with Crippen LogP contribution in [0, 0.1) is 5.92 Å². The van der Waals surface area contributed by atoms with Gasteiger partial charge in [0, 0.05) is 56.6 Å². The summed E-state index contributed by atoms with van der Waals surface area (Å²) in [6.07, 6.45) is -1.11. The summed E-state index contributed by atoms with van der Waals surface area (Å²) in [5, 5.41) is 38.0. The Labute approximate surface area is 505 Å². The van der Waals surface area contributed by atoms with E-state index in [2.05, 4.69) is 51.9 Å². The van der Waals surface area contributed by atoms with Crippen molar-refractivity contribution >= 4 is 97.5 Å². The molecule has 0 unspecified atom stereocenters. The summed E-state index contributed by atoms with van der Waals surface area (Å²) in [5.74, 6) is -10.1. The number of likely N-dealkylation sites (tertiary alicyclic amines) is 1. The number of sulfonamides is 1. The normalized spacial score (nSPS) is 15.4. The number of carboxylic acid groups (broad SMARTS) is 1. The minimum atomic E-state index is -4.33. The number of primary amides is 1. The van der Waals surface area contributed by atoms with Gasteiger partial charge in [0.15, 0.2) is 11.9 Å². The van der Waals surface area contributed by atoms with Crippen LogP contribution in [0.4, 0.5) is 5.69 Å². The second kappa shape index (κ2) is 35.9. The molecule has 1 aliphatic heterocycles. The van der Waals surface area contributed by atoms with Gasteiger partial charge in [-0.2, -0.15) is 4.72 Å². The van der Waals surface area contributed by atoms with Gasteiger partial charge >= 0.3 is 5.97 Å². The number of amides is 9. The number of nitrogens with two attached hydrogens (primary N) is 6. The van der Waals surface area contributed by atoms with Crippen LogP contribution in [-0.4, -0.2) is 196 Å². The number of nitrogens with zero attached hydrogens (tertiary/aromatic N) is 4. The summed E-state index contributed by atoms with van der Waals surface area (Å²) in [6, 6.07) is 0.460. The molecule has 0 bridgehead atoms. The van der Waals surface area contributed by atoms with Crippen molar-refractivity contribution in [2.24, 2.45) is 50.3 Å². The number of unbranched alkanes of at least 4 members (excludes halogenated alkanes) is 1. The molecule has 2 aromatic rings. The van der Waals surface area contributed by atoms with Crippen LogP contribution in [0.5, 0.6) is 0 Å². The number of carbonyl (C=O) groups excluding carboxylic acids is 9. The second-order valence-corrected chi connectivity index (χ2v) is 23.2. The van der Waals surface area contributed by atoms with Crippen LogP contribution in [0.2, 0.25) is 0 Å². The zero-order valence-electron chi connectivity index (χ0n) is 49.8. The molecule has 484 valence electrons. The Kier molecular flexibility index (Phi) is 30.0. The highest BCUT2D eigenvalue weighted by Gasteiger charge is 2.41. The van der Waals surface area contributed by atoms with E-state index in [4.69, 9.17) is 34.4 Å². The Bertz CT molecular complexity index is 2900. The first-order valence-electron chi connectivity index (χ1n) is 28.5. The number of carboxylic acids is 1. The summed E-state index contributed by atoms with van der Waals surface area (Å²) in [4.78, 5) is 144. The fourth-order valence-electron chi connectivity index (χ4n) is 9.41. The molecule has 32 nitrogen and oxygen atoms in total. The fraction of sp³-hybridized carbons (Fsp3) is 0.593. The number of hydrogen-bond donors (Lipinski definition) is 16. The molecule has 0 aliphatic carbocycles. The van der Waals surface area contributed by atoms with Gasteiger partial charge in [0.05, 0.1) is 24.1 Å². The van der Waals surface area contributed by atoms with Gasteiger partial charge in [0.1, 0.15) is 42.3 Å². The number of nitrogens with one attached hydrogen (secondary N) is 8. The third-order valence-electron chi connectivity index (χ3n) is 13.8. The molecule has 2 aromatic carbocycles. The average Bonchev–Trinajstić information content (AvgIpc) is 1.23. The van der Waals surface area contributed by atoms with Crippen molar-refractivity contribution in [3.8, 4) is 0 Å². The number of aliphatic hydroxyl groups is 1. The number of benzene rings is 2. The predicted molar refractivity (Wildman–Crippen MR) is 323 cm³/mol. The van der Waals surface area contributed by atoms with Crippen LogP contribution in [0.25, 0.3) is 10.8 Å². The largest absolute Gasteiger partial charge is 0.481 e. The molecule has 3 rings (SSSR count). The van der Waals surface area contributed by atoms with Gasteiger partial charge in [-0.1, -0.05) is 38.1 Å². The molecule has 0 saturated carbocycles. The summed E-state index contributed by atoms with van der Waals surface area (Å²) in [5.41, 5.74) is 33.5. The summed E-state index contributed by atoms with van der Waals surface area (Å²) >= 11 is 0. The second-order valence-electron chi connectivity index (χ2n) is 21.6. The van der Waals surface area contributed by atoms with Gasteiger partial charge in [-0.3, -0.25) is 57.9 Å². The number of hydrogen-bond acceptors (Lipinski definition) is 17.